The van der Waals surface area contributed by atoms with Crippen molar-refractivity contribution in [2.24, 2.45) is 11.8 Å². The van der Waals surface area contributed by atoms with E-state index in [0.29, 0.717) is 30.8 Å². The lowest BCUT2D eigenvalue weighted by molar-refractivity contribution is -0.123. The molecule has 166 valence electrons. The first-order valence-corrected chi connectivity index (χ1v) is 11.4. The van der Waals surface area contributed by atoms with Gasteiger partial charge in [-0.1, -0.05) is 5.16 Å². The van der Waals surface area contributed by atoms with Crippen molar-refractivity contribution in [3.8, 4) is 17.1 Å². The van der Waals surface area contributed by atoms with Crippen LogP contribution in [0.1, 0.15) is 31.6 Å². The Kier molecular flexibility index (Phi) is 5.91. The Labute approximate surface area is 182 Å². The molecular weight excluding hydrogens is 394 g/mol. The Bertz CT molecular complexity index is 871. The molecule has 2 saturated carbocycles. The molecule has 5 rings (SSSR count). The van der Waals surface area contributed by atoms with Gasteiger partial charge in [-0.25, -0.2) is 0 Å². The molecule has 2 heterocycles. The molecule has 0 unspecified atom stereocenters. The quantitative estimate of drug-likeness (QED) is 0.659. The number of benzene rings is 1. The third-order valence-corrected chi connectivity index (χ3v) is 6.59. The standard InChI is InChI=1S/C23H31N5O3/c1-30-19-8-6-18(7-9-19)23-25-21(31-26-23)15-28-12-10-27(11-13-28)14-20(29)24-22(16-2-3-16)17-4-5-17/h6-9,16-17,22H,2-5,10-15H2,1H3,(H,24,29). The SMILES string of the molecule is COc1ccc(-c2noc(CN3CCN(CC(=O)NC(C4CC4)C4CC4)CC3)n2)cc1. The van der Waals surface area contributed by atoms with Crippen LogP contribution >= 0.6 is 0 Å². The summed E-state index contributed by atoms with van der Waals surface area (Å²) >= 11 is 0. The molecule has 3 aliphatic rings. The summed E-state index contributed by atoms with van der Waals surface area (Å²) in [6, 6.07) is 8.06. The molecule has 1 aromatic heterocycles. The van der Waals surface area contributed by atoms with E-state index < -0.39 is 0 Å². The van der Waals surface area contributed by atoms with Gasteiger partial charge in [-0.05, 0) is 61.8 Å². The van der Waals surface area contributed by atoms with E-state index in [1.165, 1.54) is 25.7 Å². The average molecular weight is 426 g/mol. The van der Waals surface area contributed by atoms with Crippen LogP contribution in [0.15, 0.2) is 28.8 Å². The number of carbonyl (C=O) groups excluding carboxylic acids is 1. The van der Waals surface area contributed by atoms with Crippen LogP contribution < -0.4 is 10.1 Å². The number of nitrogens with one attached hydrogen (secondary N) is 1. The van der Waals surface area contributed by atoms with Gasteiger partial charge in [0, 0.05) is 37.8 Å². The topological polar surface area (TPSA) is 83.7 Å². The minimum Gasteiger partial charge on any atom is -0.497 e. The van der Waals surface area contributed by atoms with Gasteiger partial charge in [0.1, 0.15) is 5.75 Å². The number of hydrogen-bond acceptors (Lipinski definition) is 7. The van der Waals surface area contributed by atoms with E-state index in [0.717, 1.165) is 49.3 Å². The van der Waals surface area contributed by atoms with E-state index in [1.54, 1.807) is 7.11 Å². The Morgan fingerprint density at radius 1 is 1.10 bits per heavy atom. The molecule has 0 spiro atoms. The molecule has 1 saturated heterocycles. The molecule has 0 atom stereocenters. The zero-order valence-electron chi connectivity index (χ0n) is 18.1. The molecule has 2 aromatic rings. The van der Waals surface area contributed by atoms with Gasteiger partial charge in [0.15, 0.2) is 0 Å². The first-order chi connectivity index (χ1) is 15.2. The smallest absolute Gasteiger partial charge is 0.241 e. The van der Waals surface area contributed by atoms with Crippen LogP contribution in [-0.2, 0) is 11.3 Å². The van der Waals surface area contributed by atoms with Crippen LogP contribution in [0.4, 0.5) is 0 Å². The summed E-state index contributed by atoms with van der Waals surface area (Å²) in [7, 11) is 1.65. The van der Waals surface area contributed by atoms with Crippen LogP contribution in [0.5, 0.6) is 5.75 Å². The first kappa shape index (κ1) is 20.5. The summed E-state index contributed by atoms with van der Waals surface area (Å²) in [5.74, 6) is 3.69. The van der Waals surface area contributed by atoms with E-state index in [-0.39, 0.29) is 5.91 Å². The largest absolute Gasteiger partial charge is 0.497 e. The number of amides is 1. The van der Waals surface area contributed by atoms with E-state index in [4.69, 9.17) is 9.26 Å². The van der Waals surface area contributed by atoms with E-state index in [2.05, 4.69) is 25.3 Å². The Morgan fingerprint density at radius 3 is 2.35 bits per heavy atom. The van der Waals surface area contributed by atoms with Crippen LogP contribution in [-0.4, -0.2) is 71.7 Å². The summed E-state index contributed by atoms with van der Waals surface area (Å²) < 4.78 is 10.6. The van der Waals surface area contributed by atoms with Crippen molar-refractivity contribution in [2.45, 2.75) is 38.3 Å². The maximum atomic E-state index is 12.5. The van der Waals surface area contributed by atoms with E-state index in [1.807, 2.05) is 24.3 Å². The minimum absolute atomic E-state index is 0.193. The van der Waals surface area contributed by atoms with Crippen LogP contribution in [0.25, 0.3) is 11.4 Å². The lowest BCUT2D eigenvalue weighted by Crippen LogP contribution is -2.50. The maximum absolute atomic E-state index is 12.5. The summed E-state index contributed by atoms with van der Waals surface area (Å²) in [5, 5.41) is 7.44. The van der Waals surface area contributed by atoms with Gasteiger partial charge in [-0.2, -0.15) is 4.98 Å². The van der Waals surface area contributed by atoms with Gasteiger partial charge in [0.2, 0.25) is 17.6 Å². The summed E-state index contributed by atoms with van der Waals surface area (Å²) in [5.41, 5.74) is 0.905. The number of carbonyl (C=O) groups is 1. The second-order valence-electron chi connectivity index (χ2n) is 9.06. The monoisotopic (exact) mass is 425 g/mol. The van der Waals surface area contributed by atoms with Gasteiger partial charge in [-0.3, -0.25) is 14.6 Å². The molecule has 0 radical (unpaired) electrons. The fourth-order valence-electron chi connectivity index (χ4n) is 4.44. The third-order valence-electron chi connectivity index (χ3n) is 6.59. The predicted octanol–water partition coefficient (Wildman–Crippen LogP) is 2.17. The number of aromatic nitrogens is 2. The lowest BCUT2D eigenvalue weighted by Gasteiger charge is -2.33. The fraction of sp³-hybridized carbons (Fsp3) is 0.609. The average Bonchev–Trinajstić information content (AvgIpc) is 3.72. The van der Waals surface area contributed by atoms with Gasteiger partial charge < -0.3 is 14.6 Å². The number of methoxy groups -OCH3 is 1. The number of ether oxygens (including phenoxy) is 1. The highest BCUT2D eigenvalue weighted by Crippen LogP contribution is 2.44. The zero-order chi connectivity index (χ0) is 21.2. The zero-order valence-corrected chi connectivity index (χ0v) is 18.1. The second-order valence-corrected chi connectivity index (χ2v) is 9.06. The molecule has 8 nitrogen and oxygen atoms in total. The van der Waals surface area contributed by atoms with Gasteiger partial charge >= 0.3 is 0 Å². The van der Waals surface area contributed by atoms with Crippen molar-refractivity contribution in [2.75, 3.05) is 39.8 Å². The normalized spacial score (nSPS) is 20.2. The maximum Gasteiger partial charge on any atom is 0.241 e. The van der Waals surface area contributed by atoms with Crippen molar-refractivity contribution in [1.82, 2.24) is 25.3 Å². The highest BCUT2D eigenvalue weighted by molar-refractivity contribution is 5.78. The van der Waals surface area contributed by atoms with Gasteiger partial charge in [0.05, 0.1) is 20.2 Å². The molecule has 1 N–H and O–H groups in total. The van der Waals surface area contributed by atoms with Crippen LogP contribution in [0.3, 0.4) is 0 Å². The number of rotatable bonds is 9. The van der Waals surface area contributed by atoms with Gasteiger partial charge in [0.25, 0.3) is 0 Å². The molecular formula is C23H31N5O3. The molecule has 0 bridgehead atoms. The summed E-state index contributed by atoms with van der Waals surface area (Å²) in [6.07, 6.45) is 5.15. The Balaban J connectivity index is 1.07. The Morgan fingerprint density at radius 2 is 1.74 bits per heavy atom. The third kappa shape index (κ3) is 5.25. The highest BCUT2D eigenvalue weighted by atomic mass is 16.5. The summed E-state index contributed by atoms with van der Waals surface area (Å²) in [4.78, 5) is 21.6. The molecule has 3 fully saturated rings. The first-order valence-electron chi connectivity index (χ1n) is 11.4. The minimum atomic E-state index is 0.193. The summed E-state index contributed by atoms with van der Waals surface area (Å²) in [6.45, 7) is 4.68. The van der Waals surface area contributed by atoms with Gasteiger partial charge in [-0.15, -0.1) is 0 Å². The molecule has 1 amide bonds. The van der Waals surface area contributed by atoms with Crippen LogP contribution in [0, 0.1) is 11.8 Å². The fourth-order valence-corrected chi connectivity index (χ4v) is 4.44. The van der Waals surface area contributed by atoms with Crippen molar-refractivity contribution in [3.63, 3.8) is 0 Å². The molecule has 2 aliphatic carbocycles. The van der Waals surface area contributed by atoms with E-state index >= 15 is 0 Å². The predicted molar refractivity (Wildman–Crippen MR) is 115 cm³/mol. The number of nitrogens with zero attached hydrogens (tertiary/aromatic N) is 4. The number of piperazine rings is 1. The highest BCUT2D eigenvalue weighted by Gasteiger charge is 2.42. The number of hydrogen-bond donors (Lipinski definition) is 1. The molecule has 1 aromatic carbocycles. The van der Waals surface area contributed by atoms with Crippen LogP contribution in [0.2, 0.25) is 0 Å². The van der Waals surface area contributed by atoms with Crippen molar-refractivity contribution in [1.29, 1.82) is 0 Å². The molecule has 31 heavy (non-hydrogen) atoms. The second kappa shape index (κ2) is 8.96. The van der Waals surface area contributed by atoms with Crippen molar-refractivity contribution < 1.29 is 14.1 Å². The van der Waals surface area contributed by atoms with Crippen molar-refractivity contribution >= 4 is 5.91 Å². The lowest BCUT2D eigenvalue weighted by atomic mass is 10.1. The van der Waals surface area contributed by atoms with E-state index in [9.17, 15) is 4.79 Å². The Hall–Kier alpha value is -2.45. The molecule has 8 heteroatoms. The van der Waals surface area contributed by atoms with Crippen molar-refractivity contribution in [3.05, 3.63) is 30.2 Å². The molecule has 1 aliphatic heterocycles.